The molecule has 0 bridgehead atoms. The van der Waals surface area contributed by atoms with Crippen LogP contribution in [0.15, 0.2) is 0 Å². The Kier molecular flexibility index (Phi) is 4.57. The van der Waals surface area contributed by atoms with Gasteiger partial charge in [0.1, 0.15) is 0 Å². The molecule has 0 N–H and O–H groups in total. The van der Waals surface area contributed by atoms with E-state index < -0.39 is 0 Å². The lowest BCUT2D eigenvalue weighted by atomic mass is 9.80. The Labute approximate surface area is 105 Å². The summed E-state index contributed by atoms with van der Waals surface area (Å²) in [5, 5.41) is 0. The maximum absolute atomic E-state index is 5.47. The van der Waals surface area contributed by atoms with Crippen molar-refractivity contribution in [2.75, 3.05) is 39.1 Å². The number of hydrogen-bond donors (Lipinski definition) is 1. The Balaban J connectivity index is 1.79. The summed E-state index contributed by atoms with van der Waals surface area (Å²) >= 11 is 4.57. The molecule has 1 heterocycles. The Morgan fingerprint density at radius 2 is 2.00 bits per heavy atom. The van der Waals surface area contributed by atoms with Crippen molar-refractivity contribution < 1.29 is 4.74 Å². The summed E-state index contributed by atoms with van der Waals surface area (Å²) in [6, 6.07) is 0. The predicted molar refractivity (Wildman–Crippen MR) is 71.2 cm³/mol. The Morgan fingerprint density at radius 1 is 1.31 bits per heavy atom. The van der Waals surface area contributed by atoms with Crippen LogP contribution in [0.4, 0.5) is 0 Å². The van der Waals surface area contributed by atoms with Crippen molar-refractivity contribution in [1.82, 2.24) is 4.90 Å². The van der Waals surface area contributed by atoms with Gasteiger partial charge in [0.15, 0.2) is 0 Å². The molecule has 2 nitrogen and oxygen atoms in total. The first-order valence-corrected chi connectivity index (χ1v) is 7.24. The lowest BCUT2D eigenvalue weighted by Gasteiger charge is -2.40. The van der Waals surface area contributed by atoms with E-state index in [1.54, 1.807) is 0 Å². The number of hydrogen-bond acceptors (Lipinski definition) is 3. The van der Waals surface area contributed by atoms with Gasteiger partial charge in [0.25, 0.3) is 0 Å². The second-order valence-corrected chi connectivity index (χ2v) is 6.08. The van der Waals surface area contributed by atoms with E-state index in [0.717, 1.165) is 24.9 Å². The highest BCUT2D eigenvalue weighted by Gasteiger charge is 2.33. The lowest BCUT2D eigenvalue weighted by molar-refractivity contribution is 0.00791. The minimum atomic E-state index is 0.417. The molecule has 0 spiro atoms. The second-order valence-electron chi connectivity index (χ2n) is 5.76. The summed E-state index contributed by atoms with van der Waals surface area (Å²) in [6.07, 6.45) is 6.71. The first kappa shape index (κ1) is 12.7. The van der Waals surface area contributed by atoms with E-state index in [-0.39, 0.29) is 0 Å². The van der Waals surface area contributed by atoms with Crippen molar-refractivity contribution in [3.63, 3.8) is 0 Å². The van der Waals surface area contributed by atoms with E-state index in [1.807, 2.05) is 0 Å². The zero-order valence-corrected chi connectivity index (χ0v) is 11.3. The summed E-state index contributed by atoms with van der Waals surface area (Å²) < 4.78 is 5.47. The molecule has 1 aliphatic heterocycles. The van der Waals surface area contributed by atoms with Crippen LogP contribution in [-0.4, -0.2) is 44.0 Å². The molecule has 0 atom stereocenters. The summed E-state index contributed by atoms with van der Waals surface area (Å²) in [7, 11) is 2.28. The minimum absolute atomic E-state index is 0.417. The molecular weight excluding hydrogens is 218 g/mol. The van der Waals surface area contributed by atoms with E-state index in [4.69, 9.17) is 4.74 Å². The first-order valence-electron chi connectivity index (χ1n) is 6.61. The maximum Gasteiger partial charge on any atom is 0.0472 e. The molecule has 2 fully saturated rings. The molecule has 0 radical (unpaired) electrons. The van der Waals surface area contributed by atoms with Crippen molar-refractivity contribution in [3.8, 4) is 0 Å². The molecule has 0 aromatic carbocycles. The molecule has 94 valence electrons. The lowest BCUT2D eigenvalue weighted by Crippen LogP contribution is -2.43. The third-order valence-corrected chi connectivity index (χ3v) is 4.96. The average molecular weight is 243 g/mol. The summed E-state index contributed by atoms with van der Waals surface area (Å²) in [5.74, 6) is 1.98. The zero-order valence-electron chi connectivity index (χ0n) is 10.5. The molecule has 0 unspecified atom stereocenters. The minimum Gasteiger partial charge on any atom is -0.381 e. The molecule has 2 rings (SSSR count). The molecule has 0 aromatic rings. The van der Waals surface area contributed by atoms with Crippen LogP contribution in [0.3, 0.4) is 0 Å². The predicted octanol–water partition coefficient (Wildman–Crippen LogP) is 2.44. The van der Waals surface area contributed by atoms with Gasteiger partial charge in [-0.05, 0) is 49.8 Å². The van der Waals surface area contributed by atoms with Crippen LogP contribution in [-0.2, 0) is 4.74 Å². The van der Waals surface area contributed by atoms with Crippen molar-refractivity contribution in [2.24, 2.45) is 11.3 Å². The molecule has 16 heavy (non-hydrogen) atoms. The Morgan fingerprint density at radius 3 is 2.50 bits per heavy atom. The highest BCUT2D eigenvalue weighted by molar-refractivity contribution is 7.80. The van der Waals surface area contributed by atoms with Gasteiger partial charge < -0.3 is 9.64 Å². The van der Waals surface area contributed by atoms with Gasteiger partial charge in [-0.3, -0.25) is 0 Å². The highest BCUT2D eigenvalue weighted by Crippen LogP contribution is 2.34. The number of rotatable bonds is 5. The number of nitrogens with zero attached hydrogens (tertiary/aromatic N) is 1. The van der Waals surface area contributed by atoms with E-state index >= 15 is 0 Å². The molecular formula is C13H25NOS. The van der Waals surface area contributed by atoms with E-state index in [9.17, 15) is 0 Å². The molecule has 1 saturated heterocycles. The zero-order chi connectivity index (χ0) is 11.4. The van der Waals surface area contributed by atoms with Gasteiger partial charge in [0.2, 0.25) is 0 Å². The standard InChI is InChI=1S/C13H25NOS/c1-14(9-12-3-2-4-12)10-13(11-16)5-7-15-8-6-13/h12,16H,2-11H2,1H3. The third-order valence-electron chi connectivity index (χ3n) is 4.29. The van der Waals surface area contributed by atoms with Crippen LogP contribution in [0.1, 0.15) is 32.1 Å². The molecule has 2 aliphatic rings. The van der Waals surface area contributed by atoms with Gasteiger partial charge in [0, 0.05) is 26.3 Å². The molecule has 0 amide bonds. The second kappa shape index (κ2) is 5.74. The number of ether oxygens (including phenoxy) is 1. The molecule has 0 aromatic heterocycles. The fourth-order valence-corrected chi connectivity index (χ4v) is 3.34. The van der Waals surface area contributed by atoms with Crippen molar-refractivity contribution >= 4 is 12.6 Å². The van der Waals surface area contributed by atoms with Crippen LogP contribution in [0, 0.1) is 11.3 Å². The average Bonchev–Trinajstić information content (AvgIpc) is 2.25. The number of thiol groups is 1. The SMILES string of the molecule is CN(CC1CCC1)CC1(CS)CCOCC1. The van der Waals surface area contributed by atoms with E-state index in [1.165, 1.54) is 45.2 Å². The Bertz CT molecular complexity index is 212. The van der Waals surface area contributed by atoms with Crippen molar-refractivity contribution in [2.45, 2.75) is 32.1 Å². The van der Waals surface area contributed by atoms with Gasteiger partial charge in [-0.2, -0.15) is 12.6 Å². The monoisotopic (exact) mass is 243 g/mol. The van der Waals surface area contributed by atoms with Gasteiger partial charge in [-0.25, -0.2) is 0 Å². The molecule has 3 heteroatoms. The van der Waals surface area contributed by atoms with Crippen LogP contribution in [0.2, 0.25) is 0 Å². The first-order chi connectivity index (χ1) is 7.74. The third kappa shape index (κ3) is 3.14. The van der Waals surface area contributed by atoms with Gasteiger partial charge in [0.05, 0.1) is 0 Å². The van der Waals surface area contributed by atoms with Crippen LogP contribution in [0.25, 0.3) is 0 Å². The quantitative estimate of drug-likeness (QED) is 0.745. The van der Waals surface area contributed by atoms with Crippen LogP contribution in [0.5, 0.6) is 0 Å². The van der Waals surface area contributed by atoms with Gasteiger partial charge in [-0.15, -0.1) is 0 Å². The fourth-order valence-electron chi connectivity index (χ4n) is 2.92. The maximum atomic E-state index is 5.47. The fraction of sp³-hybridized carbons (Fsp3) is 1.00. The summed E-state index contributed by atoms with van der Waals surface area (Å²) in [5.41, 5.74) is 0.417. The highest BCUT2D eigenvalue weighted by atomic mass is 32.1. The van der Waals surface area contributed by atoms with E-state index in [2.05, 4.69) is 24.6 Å². The van der Waals surface area contributed by atoms with Crippen molar-refractivity contribution in [3.05, 3.63) is 0 Å². The summed E-state index contributed by atoms with van der Waals surface area (Å²) in [4.78, 5) is 2.53. The van der Waals surface area contributed by atoms with Gasteiger partial charge in [-0.1, -0.05) is 6.42 Å². The normalized spacial score (nSPS) is 25.7. The summed E-state index contributed by atoms with van der Waals surface area (Å²) in [6.45, 7) is 4.35. The van der Waals surface area contributed by atoms with Crippen LogP contribution < -0.4 is 0 Å². The Hall–Kier alpha value is 0.270. The molecule has 1 saturated carbocycles. The van der Waals surface area contributed by atoms with Crippen molar-refractivity contribution in [1.29, 1.82) is 0 Å². The van der Waals surface area contributed by atoms with E-state index in [0.29, 0.717) is 5.41 Å². The largest absolute Gasteiger partial charge is 0.381 e. The smallest absolute Gasteiger partial charge is 0.0472 e. The molecule has 1 aliphatic carbocycles. The topological polar surface area (TPSA) is 12.5 Å². The van der Waals surface area contributed by atoms with Crippen LogP contribution >= 0.6 is 12.6 Å². The van der Waals surface area contributed by atoms with Gasteiger partial charge >= 0.3 is 0 Å².